The molecule has 0 radical (unpaired) electrons. The van der Waals surface area contributed by atoms with Crippen LogP contribution in [-0.2, 0) is 10.0 Å². The van der Waals surface area contributed by atoms with Crippen LogP contribution < -0.4 is 0 Å². The summed E-state index contributed by atoms with van der Waals surface area (Å²) in [5.74, 6) is 0.868. The Hall–Kier alpha value is -0.980. The molecule has 0 amide bonds. The van der Waals surface area contributed by atoms with Gasteiger partial charge in [0.1, 0.15) is 5.82 Å². The van der Waals surface area contributed by atoms with Crippen molar-refractivity contribution in [2.75, 3.05) is 32.7 Å². The Morgan fingerprint density at radius 3 is 2.52 bits per heavy atom. The van der Waals surface area contributed by atoms with Crippen molar-refractivity contribution < 1.29 is 12.8 Å². The highest BCUT2D eigenvalue weighted by Crippen LogP contribution is 2.26. The quantitative estimate of drug-likeness (QED) is 0.819. The second-order valence-corrected chi connectivity index (χ2v) is 9.70. The van der Waals surface area contributed by atoms with E-state index in [9.17, 15) is 12.8 Å². The molecule has 2 saturated heterocycles. The Bertz CT molecular complexity index is 699. The number of halogens is 1. The van der Waals surface area contributed by atoms with E-state index in [1.54, 1.807) is 6.92 Å². The fraction of sp³-hybridized carbons (Fsp3) is 0.684. The number of benzene rings is 1. The predicted octanol–water partition coefficient (Wildman–Crippen LogP) is 3.27. The molecule has 1 unspecified atom stereocenters. The van der Waals surface area contributed by atoms with Crippen molar-refractivity contribution in [3.8, 4) is 0 Å². The summed E-state index contributed by atoms with van der Waals surface area (Å²) in [7, 11) is -3.59. The van der Waals surface area contributed by atoms with Crippen LogP contribution in [0, 0.1) is 24.6 Å². The van der Waals surface area contributed by atoms with E-state index >= 15 is 0 Å². The molecule has 6 heteroatoms. The number of nitrogens with zero attached hydrogens (tertiary/aromatic N) is 2. The molecule has 1 aromatic rings. The zero-order chi connectivity index (χ0) is 18.0. The van der Waals surface area contributed by atoms with Crippen molar-refractivity contribution in [1.29, 1.82) is 0 Å². The summed E-state index contributed by atoms with van der Waals surface area (Å²) >= 11 is 0. The first kappa shape index (κ1) is 18.8. The molecule has 2 aliphatic rings. The third-order valence-corrected chi connectivity index (χ3v) is 7.51. The maximum atomic E-state index is 13.7. The first-order valence-electron chi connectivity index (χ1n) is 9.35. The van der Waals surface area contributed by atoms with Gasteiger partial charge in [-0.15, -0.1) is 0 Å². The predicted molar refractivity (Wildman–Crippen MR) is 97.5 cm³/mol. The molecule has 1 aromatic carbocycles. The molecule has 0 bridgehead atoms. The molecule has 2 fully saturated rings. The van der Waals surface area contributed by atoms with Crippen LogP contribution in [0.1, 0.15) is 38.2 Å². The molecular weight excluding hydrogens is 339 g/mol. The van der Waals surface area contributed by atoms with Gasteiger partial charge in [-0.2, -0.15) is 4.31 Å². The minimum Gasteiger partial charge on any atom is -0.303 e. The average molecular weight is 369 g/mol. The normalized spacial score (nSPS) is 24.5. The molecule has 2 aliphatic heterocycles. The molecule has 0 N–H and O–H groups in total. The first-order chi connectivity index (χ1) is 11.9. The highest BCUT2D eigenvalue weighted by molar-refractivity contribution is 7.89. The zero-order valence-corrected chi connectivity index (χ0v) is 16.1. The Balaban J connectivity index is 1.58. The van der Waals surface area contributed by atoms with E-state index in [-0.39, 0.29) is 4.90 Å². The summed E-state index contributed by atoms with van der Waals surface area (Å²) in [6, 6.07) is 4.19. The van der Waals surface area contributed by atoms with Crippen molar-refractivity contribution in [2.45, 2.75) is 44.4 Å². The highest BCUT2D eigenvalue weighted by atomic mass is 32.2. The number of sulfonamides is 1. The molecule has 4 nitrogen and oxygen atoms in total. The molecule has 3 rings (SSSR count). The van der Waals surface area contributed by atoms with Crippen LogP contribution in [0.5, 0.6) is 0 Å². The molecule has 1 atom stereocenters. The first-order valence-corrected chi connectivity index (χ1v) is 10.8. The minimum atomic E-state index is -3.59. The molecule has 0 aromatic heterocycles. The van der Waals surface area contributed by atoms with Gasteiger partial charge in [-0.25, -0.2) is 12.8 Å². The number of rotatable bonds is 4. The maximum Gasteiger partial charge on any atom is 0.243 e. The number of piperidine rings is 2. The van der Waals surface area contributed by atoms with Gasteiger partial charge in [-0.05, 0) is 68.7 Å². The van der Waals surface area contributed by atoms with E-state index in [4.69, 9.17) is 0 Å². The maximum absolute atomic E-state index is 13.7. The average Bonchev–Trinajstić information content (AvgIpc) is 2.58. The molecule has 0 saturated carbocycles. The Morgan fingerprint density at radius 1 is 1.16 bits per heavy atom. The van der Waals surface area contributed by atoms with E-state index < -0.39 is 15.8 Å². The number of hydrogen-bond acceptors (Lipinski definition) is 3. The smallest absolute Gasteiger partial charge is 0.243 e. The van der Waals surface area contributed by atoms with Gasteiger partial charge in [0, 0.05) is 26.2 Å². The summed E-state index contributed by atoms with van der Waals surface area (Å²) < 4.78 is 40.7. The fourth-order valence-corrected chi connectivity index (χ4v) is 5.52. The van der Waals surface area contributed by atoms with Gasteiger partial charge in [-0.3, -0.25) is 0 Å². The topological polar surface area (TPSA) is 40.6 Å². The standard InChI is InChI=1S/C19H29FN2O2S/c1-15-4-3-9-21(13-15)14-17-7-10-22(11-8-17)25(23,24)18-6-5-16(2)19(20)12-18/h5-6,12,15,17H,3-4,7-11,13-14H2,1-2H3. The minimum absolute atomic E-state index is 0.0684. The summed E-state index contributed by atoms with van der Waals surface area (Å²) in [4.78, 5) is 2.61. The van der Waals surface area contributed by atoms with Crippen LogP contribution in [-0.4, -0.2) is 50.3 Å². The molecular formula is C19H29FN2O2S. The molecule has 25 heavy (non-hydrogen) atoms. The second-order valence-electron chi connectivity index (χ2n) is 7.77. The summed E-state index contributed by atoms with van der Waals surface area (Å²) in [6.07, 6.45) is 4.37. The lowest BCUT2D eigenvalue weighted by Crippen LogP contribution is -2.43. The van der Waals surface area contributed by atoms with Gasteiger partial charge in [-0.1, -0.05) is 13.0 Å². The molecule has 0 spiro atoms. The van der Waals surface area contributed by atoms with E-state index in [1.165, 1.54) is 42.4 Å². The highest BCUT2D eigenvalue weighted by Gasteiger charge is 2.31. The van der Waals surface area contributed by atoms with E-state index in [0.717, 1.165) is 31.4 Å². The Morgan fingerprint density at radius 2 is 1.88 bits per heavy atom. The lowest BCUT2D eigenvalue weighted by atomic mass is 9.94. The van der Waals surface area contributed by atoms with Gasteiger partial charge in [0.05, 0.1) is 4.90 Å². The summed E-state index contributed by atoms with van der Waals surface area (Å²) in [5.41, 5.74) is 0.466. The van der Waals surface area contributed by atoms with Gasteiger partial charge in [0.2, 0.25) is 10.0 Å². The molecule has 0 aliphatic carbocycles. The van der Waals surface area contributed by atoms with E-state index in [0.29, 0.717) is 24.6 Å². The number of hydrogen-bond donors (Lipinski definition) is 0. The fourth-order valence-electron chi connectivity index (χ4n) is 4.03. The van der Waals surface area contributed by atoms with Crippen molar-refractivity contribution in [3.05, 3.63) is 29.6 Å². The third kappa shape index (κ3) is 4.41. The van der Waals surface area contributed by atoms with Crippen molar-refractivity contribution in [2.24, 2.45) is 11.8 Å². The lowest BCUT2D eigenvalue weighted by molar-refractivity contribution is 0.136. The summed E-state index contributed by atoms with van der Waals surface area (Å²) in [6.45, 7) is 8.43. The van der Waals surface area contributed by atoms with Gasteiger partial charge >= 0.3 is 0 Å². The van der Waals surface area contributed by atoms with Gasteiger partial charge in [0.15, 0.2) is 0 Å². The van der Waals surface area contributed by atoms with E-state index in [2.05, 4.69) is 11.8 Å². The second kappa shape index (κ2) is 7.72. The zero-order valence-electron chi connectivity index (χ0n) is 15.2. The Kier molecular flexibility index (Phi) is 5.81. The number of aryl methyl sites for hydroxylation is 1. The van der Waals surface area contributed by atoms with E-state index in [1.807, 2.05) is 0 Å². The van der Waals surface area contributed by atoms with Crippen LogP contribution in [0.4, 0.5) is 4.39 Å². The Labute approximate surface area is 151 Å². The molecule has 2 heterocycles. The van der Waals surface area contributed by atoms with Gasteiger partial charge in [0.25, 0.3) is 0 Å². The largest absolute Gasteiger partial charge is 0.303 e. The summed E-state index contributed by atoms with van der Waals surface area (Å²) in [5, 5.41) is 0. The van der Waals surface area contributed by atoms with Crippen LogP contribution in [0.25, 0.3) is 0 Å². The SMILES string of the molecule is Cc1ccc(S(=O)(=O)N2CCC(CN3CCCC(C)C3)CC2)cc1F. The molecule has 140 valence electrons. The van der Waals surface area contributed by atoms with Crippen molar-refractivity contribution in [1.82, 2.24) is 9.21 Å². The van der Waals surface area contributed by atoms with Crippen LogP contribution >= 0.6 is 0 Å². The van der Waals surface area contributed by atoms with Crippen LogP contribution in [0.2, 0.25) is 0 Å². The number of likely N-dealkylation sites (tertiary alicyclic amines) is 1. The van der Waals surface area contributed by atoms with Gasteiger partial charge < -0.3 is 4.90 Å². The van der Waals surface area contributed by atoms with Crippen molar-refractivity contribution >= 4 is 10.0 Å². The van der Waals surface area contributed by atoms with Crippen LogP contribution in [0.3, 0.4) is 0 Å². The lowest BCUT2D eigenvalue weighted by Gasteiger charge is -2.37. The monoisotopic (exact) mass is 368 g/mol. The van der Waals surface area contributed by atoms with Crippen molar-refractivity contribution in [3.63, 3.8) is 0 Å². The third-order valence-electron chi connectivity index (χ3n) is 5.61. The van der Waals surface area contributed by atoms with Crippen LogP contribution in [0.15, 0.2) is 23.1 Å².